The monoisotopic (exact) mass is 307 g/mol. The lowest BCUT2D eigenvalue weighted by Crippen LogP contribution is -2.18. The first-order valence-corrected chi connectivity index (χ1v) is 6.94. The van der Waals surface area contributed by atoms with Crippen molar-refractivity contribution >= 4 is 34.0 Å². The minimum absolute atomic E-state index is 0. The van der Waals surface area contributed by atoms with Crippen molar-refractivity contribution in [3.63, 3.8) is 0 Å². The van der Waals surface area contributed by atoms with Crippen molar-refractivity contribution in [1.82, 2.24) is 0 Å². The van der Waals surface area contributed by atoms with Gasteiger partial charge in [-0.3, -0.25) is 4.79 Å². The largest absolute Gasteiger partial charge is 0.330 e. The fourth-order valence-corrected chi connectivity index (χ4v) is 2.09. The van der Waals surface area contributed by atoms with Crippen LogP contribution in [0.4, 0.5) is 5.69 Å². The number of aryl methyl sites for hydroxylation is 1. The van der Waals surface area contributed by atoms with Crippen molar-refractivity contribution in [2.45, 2.75) is 25.2 Å². The molecule has 8 heteroatoms. The molecule has 5 N–H and O–H groups in total. The van der Waals surface area contributed by atoms with Gasteiger partial charge in [-0.05, 0) is 37.1 Å². The number of carbonyl (C=O) groups excluding carboxylic acids is 1. The molecule has 0 saturated heterocycles. The second-order valence-electron chi connectivity index (χ2n) is 4.04. The Kier molecular flexibility index (Phi) is 6.44. The molecule has 0 unspecified atom stereocenters. The Hall–Kier alpha value is -1.15. The number of hydrogen-bond donors (Lipinski definition) is 3. The molecule has 0 spiro atoms. The Morgan fingerprint density at radius 2 is 1.89 bits per heavy atom. The van der Waals surface area contributed by atoms with Crippen LogP contribution in [0.15, 0.2) is 17.0 Å². The molecule has 1 rings (SSSR count). The van der Waals surface area contributed by atoms with Crippen LogP contribution >= 0.6 is 12.4 Å². The lowest BCUT2D eigenvalue weighted by atomic mass is 10.1. The van der Waals surface area contributed by atoms with Gasteiger partial charge >= 0.3 is 0 Å². The van der Waals surface area contributed by atoms with E-state index in [4.69, 9.17) is 10.9 Å². The molecule has 0 aliphatic heterocycles. The number of amides is 1. The van der Waals surface area contributed by atoms with Gasteiger partial charge in [0.05, 0.1) is 4.90 Å². The molecule has 0 bridgehead atoms. The van der Waals surface area contributed by atoms with Crippen molar-refractivity contribution in [3.05, 3.63) is 23.3 Å². The molecule has 0 atom stereocenters. The van der Waals surface area contributed by atoms with E-state index >= 15 is 0 Å². The van der Waals surface area contributed by atoms with E-state index in [9.17, 15) is 13.2 Å². The van der Waals surface area contributed by atoms with Gasteiger partial charge in [0, 0.05) is 18.7 Å². The zero-order valence-electron chi connectivity index (χ0n) is 10.8. The third-order valence-electron chi connectivity index (χ3n) is 2.61. The number of nitrogens with one attached hydrogen (secondary N) is 1. The second-order valence-corrected chi connectivity index (χ2v) is 5.61. The highest BCUT2D eigenvalue weighted by molar-refractivity contribution is 7.89. The van der Waals surface area contributed by atoms with Gasteiger partial charge < -0.3 is 11.1 Å². The van der Waals surface area contributed by atoms with Gasteiger partial charge in [0.1, 0.15) is 0 Å². The van der Waals surface area contributed by atoms with Crippen LogP contribution in [-0.2, 0) is 14.8 Å². The third kappa shape index (κ3) is 4.79. The van der Waals surface area contributed by atoms with Gasteiger partial charge in [-0.2, -0.15) is 0 Å². The molecule has 108 valence electrons. The minimum Gasteiger partial charge on any atom is -0.330 e. The molecule has 0 aromatic heterocycles. The summed E-state index contributed by atoms with van der Waals surface area (Å²) in [5.74, 6) is -0.258. The molecule has 0 heterocycles. The number of sulfonamides is 1. The Bertz CT molecular complexity index is 573. The third-order valence-corrected chi connectivity index (χ3v) is 3.51. The molecule has 0 radical (unpaired) electrons. The number of hydrogen-bond acceptors (Lipinski definition) is 4. The summed E-state index contributed by atoms with van der Waals surface area (Å²) in [4.78, 5) is 11.4. The standard InChI is InChI=1S/C11H17N3O3S.ClH/c1-7-5-9(18(13,16)17)6-10(8(7)2)14-11(15)3-4-12;/h5-6H,3-4,12H2,1-2H3,(H,14,15)(H2,13,16,17);1H. The highest BCUT2D eigenvalue weighted by atomic mass is 35.5. The summed E-state index contributed by atoms with van der Waals surface area (Å²) in [7, 11) is -3.79. The molecular formula is C11H18ClN3O3S. The molecule has 1 aromatic rings. The van der Waals surface area contributed by atoms with Crippen molar-refractivity contribution in [3.8, 4) is 0 Å². The van der Waals surface area contributed by atoms with Crippen molar-refractivity contribution < 1.29 is 13.2 Å². The number of anilines is 1. The first-order chi connectivity index (χ1) is 8.25. The van der Waals surface area contributed by atoms with E-state index in [0.29, 0.717) is 5.69 Å². The summed E-state index contributed by atoms with van der Waals surface area (Å²) in [6.45, 7) is 3.78. The predicted molar refractivity (Wildman–Crippen MR) is 76.8 cm³/mol. The molecule has 1 amide bonds. The Labute approximate surface area is 119 Å². The smallest absolute Gasteiger partial charge is 0.238 e. The van der Waals surface area contributed by atoms with Gasteiger partial charge in [-0.1, -0.05) is 0 Å². The summed E-state index contributed by atoms with van der Waals surface area (Å²) in [5.41, 5.74) is 7.25. The van der Waals surface area contributed by atoms with E-state index in [-0.39, 0.29) is 36.2 Å². The van der Waals surface area contributed by atoms with E-state index in [0.717, 1.165) is 11.1 Å². The average Bonchev–Trinajstić information content (AvgIpc) is 2.23. The van der Waals surface area contributed by atoms with E-state index in [1.165, 1.54) is 12.1 Å². The maximum atomic E-state index is 11.5. The highest BCUT2D eigenvalue weighted by Crippen LogP contribution is 2.23. The first-order valence-electron chi connectivity index (χ1n) is 5.39. The van der Waals surface area contributed by atoms with E-state index in [1.54, 1.807) is 13.8 Å². The maximum absolute atomic E-state index is 11.5. The van der Waals surface area contributed by atoms with Crippen LogP contribution in [0.2, 0.25) is 0 Å². The molecule has 6 nitrogen and oxygen atoms in total. The lowest BCUT2D eigenvalue weighted by molar-refractivity contribution is -0.116. The average molecular weight is 308 g/mol. The fraction of sp³-hybridized carbons (Fsp3) is 0.364. The number of primary sulfonamides is 1. The molecule has 1 aromatic carbocycles. The molecule has 0 saturated carbocycles. The molecule has 19 heavy (non-hydrogen) atoms. The fourth-order valence-electron chi connectivity index (χ4n) is 1.46. The normalized spacial score (nSPS) is 10.7. The predicted octanol–water partition coefficient (Wildman–Crippen LogP) is 0.660. The van der Waals surface area contributed by atoms with Crippen molar-refractivity contribution in [2.24, 2.45) is 10.9 Å². The number of halogens is 1. The molecule has 0 aliphatic carbocycles. The van der Waals surface area contributed by atoms with Crippen LogP contribution in [0.1, 0.15) is 17.5 Å². The van der Waals surface area contributed by atoms with E-state index < -0.39 is 10.0 Å². The molecule has 0 fully saturated rings. The number of rotatable bonds is 4. The Morgan fingerprint density at radius 1 is 1.32 bits per heavy atom. The summed E-state index contributed by atoms with van der Waals surface area (Å²) in [6, 6.07) is 2.83. The van der Waals surface area contributed by atoms with E-state index in [1.807, 2.05) is 0 Å². The van der Waals surface area contributed by atoms with Gasteiger partial charge in [0.2, 0.25) is 15.9 Å². The summed E-state index contributed by atoms with van der Waals surface area (Å²) in [6.07, 6.45) is 0.179. The van der Waals surface area contributed by atoms with Crippen LogP contribution in [0, 0.1) is 13.8 Å². The SMILES string of the molecule is Cc1cc(S(N)(=O)=O)cc(NC(=O)CCN)c1C.Cl. The van der Waals surface area contributed by atoms with Crippen LogP contribution in [0.3, 0.4) is 0 Å². The van der Waals surface area contributed by atoms with Gasteiger partial charge in [0.25, 0.3) is 0 Å². The topological polar surface area (TPSA) is 115 Å². The van der Waals surface area contributed by atoms with Gasteiger partial charge in [-0.25, -0.2) is 13.6 Å². The van der Waals surface area contributed by atoms with Gasteiger partial charge in [-0.15, -0.1) is 12.4 Å². The van der Waals surface area contributed by atoms with Crippen LogP contribution in [0.25, 0.3) is 0 Å². The maximum Gasteiger partial charge on any atom is 0.238 e. The van der Waals surface area contributed by atoms with Gasteiger partial charge in [0.15, 0.2) is 0 Å². The van der Waals surface area contributed by atoms with Crippen LogP contribution < -0.4 is 16.2 Å². The lowest BCUT2D eigenvalue weighted by Gasteiger charge is -2.12. The van der Waals surface area contributed by atoms with Crippen molar-refractivity contribution in [1.29, 1.82) is 0 Å². The Balaban J connectivity index is 0.00000324. The van der Waals surface area contributed by atoms with Crippen LogP contribution in [-0.4, -0.2) is 20.9 Å². The number of benzene rings is 1. The zero-order chi connectivity index (χ0) is 13.9. The summed E-state index contributed by atoms with van der Waals surface area (Å²) >= 11 is 0. The zero-order valence-corrected chi connectivity index (χ0v) is 12.4. The van der Waals surface area contributed by atoms with Crippen LogP contribution in [0.5, 0.6) is 0 Å². The molecule has 0 aliphatic rings. The van der Waals surface area contributed by atoms with E-state index in [2.05, 4.69) is 5.32 Å². The second kappa shape index (κ2) is 6.85. The van der Waals surface area contributed by atoms with Crippen molar-refractivity contribution in [2.75, 3.05) is 11.9 Å². The number of nitrogens with two attached hydrogens (primary N) is 2. The molecular weight excluding hydrogens is 290 g/mol. The number of carbonyl (C=O) groups is 1. The highest BCUT2D eigenvalue weighted by Gasteiger charge is 2.13. The first kappa shape index (κ1) is 17.8. The summed E-state index contributed by atoms with van der Waals surface area (Å²) < 4.78 is 22.6. The summed E-state index contributed by atoms with van der Waals surface area (Å²) in [5, 5.41) is 7.70. The quantitative estimate of drug-likeness (QED) is 0.757. The Morgan fingerprint density at radius 3 is 2.37 bits per heavy atom. The minimum atomic E-state index is -3.79.